The first-order valence-electron chi connectivity index (χ1n) is 11.4. The van der Waals surface area contributed by atoms with Gasteiger partial charge in [-0.25, -0.2) is 0 Å². The van der Waals surface area contributed by atoms with E-state index >= 15 is 0 Å². The van der Waals surface area contributed by atoms with Crippen LogP contribution in [0.3, 0.4) is 0 Å². The molecule has 0 aromatic heterocycles. The van der Waals surface area contributed by atoms with Crippen LogP contribution in [0.4, 0.5) is 0 Å². The fourth-order valence-electron chi connectivity index (χ4n) is 6.38. The van der Waals surface area contributed by atoms with E-state index < -0.39 is 0 Å². The van der Waals surface area contributed by atoms with Gasteiger partial charge in [0.05, 0.1) is 0 Å². The molecule has 1 aromatic carbocycles. The smallest absolute Gasteiger partial charge is 0.225 e. The summed E-state index contributed by atoms with van der Waals surface area (Å²) in [5, 5.41) is 10.6. The zero-order valence-electron chi connectivity index (χ0n) is 19.1. The van der Waals surface area contributed by atoms with E-state index in [4.69, 9.17) is 0 Å². The molecule has 1 N–H and O–H groups in total. The lowest BCUT2D eigenvalue weighted by Gasteiger charge is -2.61. The van der Waals surface area contributed by atoms with Crippen LogP contribution >= 0.6 is 0 Å². The second kappa shape index (κ2) is 7.28. The maximum atomic E-state index is 13.6. The average Bonchev–Trinajstić information content (AvgIpc) is 2.70. The first-order chi connectivity index (χ1) is 14.1. The summed E-state index contributed by atoms with van der Waals surface area (Å²) in [5.41, 5.74) is 2.14. The summed E-state index contributed by atoms with van der Waals surface area (Å²) in [6.45, 7) is 7.65. The molecule has 5 heteroatoms. The summed E-state index contributed by atoms with van der Waals surface area (Å²) in [4.78, 5) is 29.7. The Morgan fingerprint density at radius 3 is 2.33 bits per heavy atom. The Bertz CT molecular complexity index is 854. The molecule has 2 aliphatic carbocycles. The summed E-state index contributed by atoms with van der Waals surface area (Å²) in [7, 11) is 3.62. The third-order valence-electron chi connectivity index (χ3n) is 8.78. The number of rotatable bonds is 2. The van der Waals surface area contributed by atoms with Gasteiger partial charge in [-0.15, -0.1) is 0 Å². The largest absolute Gasteiger partial charge is 0.508 e. The Hall–Kier alpha value is -2.04. The molecule has 30 heavy (non-hydrogen) atoms. The van der Waals surface area contributed by atoms with Gasteiger partial charge < -0.3 is 14.9 Å². The number of phenolic OH excluding ortho intramolecular Hbond substituents is 1. The lowest BCUT2D eigenvalue weighted by atomic mass is 9.51. The highest BCUT2D eigenvalue weighted by Crippen LogP contribution is 2.57. The molecule has 2 atom stereocenters. The van der Waals surface area contributed by atoms with E-state index in [0.29, 0.717) is 12.2 Å². The zero-order chi connectivity index (χ0) is 21.8. The van der Waals surface area contributed by atoms with Gasteiger partial charge in [-0.2, -0.15) is 0 Å². The molecule has 0 spiro atoms. The second-order valence-corrected chi connectivity index (χ2v) is 10.6. The van der Waals surface area contributed by atoms with Crippen molar-refractivity contribution in [2.45, 2.75) is 70.8 Å². The van der Waals surface area contributed by atoms with Crippen LogP contribution in [0.5, 0.6) is 5.75 Å². The molecule has 4 rings (SSSR count). The molecule has 0 radical (unpaired) electrons. The highest BCUT2D eigenvalue weighted by atomic mass is 16.3. The minimum absolute atomic E-state index is 0.0159. The van der Waals surface area contributed by atoms with Crippen molar-refractivity contribution in [1.29, 1.82) is 0 Å². The molecule has 1 heterocycles. The molecule has 3 aliphatic rings. The number of likely N-dealkylation sites (tertiary alicyclic amines) is 1. The van der Waals surface area contributed by atoms with E-state index in [9.17, 15) is 14.7 Å². The van der Waals surface area contributed by atoms with E-state index in [1.807, 2.05) is 20.2 Å². The summed E-state index contributed by atoms with van der Waals surface area (Å²) in [5.74, 6) is 0.877. The molecule has 164 valence electrons. The molecule has 5 nitrogen and oxygen atoms in total. The Morgan fingerprint density at radius 1 is 1.07 bits per heavy atom. The normalized spacial score (nSPS) is 32.3. The molecule has 2 fully saturated rings. The van der Waals surface area contributed by atoms with Crippen molar-refractivity contribution in [1.82, 2.24) is 9.80 Å². The van der Waals surface area contributed by atoms with Crippen molar-refractivity contribution < 1.29 is 14.7 Å². The SMILES string of the molecule is CN(C)C(=O)C1CCC(C(=O)N2CC[C@@]3(C)c4cccc(O)c4CC2C3(C)C)CC1. The average molecular weight is 413 g/mol. The van der Waals surface area contributed by atoms with E-state index in [2.05, 4.69) is 31.7 Å². The predicted octanol–water partition coefficient (Wildman–Crippen LogP) is 3.73. The van der Waals surface area contributed by atoms with Crippen LogP contribution in [-0.4, -0.2) is 53.4 Å². The summed E-state index contributed by atoms with van der Waals surface area (Å²) < 4.78 is 0. The number of aromatic hydroxyl groups is 1. The van der Waals surface area contributed by atoms with Crippen molar-refractivity contribution in [3.63, 3.8) is 0 Å². The minimum atomic E-state index is -0.0696. The topological polar surface area (TPSA) is 60.9 Å². The third-order valence-corrected chi connectivity index (χ3v) is 8.78. The molecular weight excluding hydrogens is 376 g/mol. The maximum absolute atomic E-state index is 13.6. The van der Waals surface area contributed by atoms with Gasteiger partial charge in [-0.05, 0) is 61.1 Å². The van der Waals surface area contributed by atoms with Gasteiger partial charge in [0.2, 0.25) is 11.8 Å². The van der Waals surface area contributed by atoms with Gasteiger partial charge in [0.1, 0.15) is 5.75 Å². The van der Waals surface area contributed by atoms with Gasteiger partial charge in [-0.1, -0.05) is 32.9 Å². The number of benzene rings is 1. The van der Waals surface area contributed by atoms with E-state index in [-0.39, 0.29) is 40.5 Å². The van der Waals surface area contributed by atoms with Crippen molar-refractivity contribution in [2.24, 2.45) is 17.3 Å². The number of carbonyl (C=O) groups is 2. The molecule has 1 unspecified atom stereocenters. The van der Waals surface area contributed by atoms with E-state index in [0.717, 1.165) is 44.2 Å². The molecule has 1 saturated heterocycles. The Kier molecular flexibility index (Phi) is 5.14. The van der Waals surface area contributed by atoms with Crippen LogP contribution in [0.1, 0.15) is 64.0 Å². The van der Waals surface area contributed by atoms with E-state index in [1.54, 1.807) is 11.0 Å². The number of phenols is 1. The standard InChI is InChI=1S/C25H36N2O3/c1-24(2)21-15-18-19(7-6-8-20(18)28)25(24,3)13-14-27(21)23(30)17-11-9-16(10-12-17)22(29)26(4)5/h6-8,16-17,21,28H,9-15H2,1-5H3/t16?,17?,21?,25-/m0/s1. The predicted molar refractivity (Wildman–Crippen MR) is 117 cm³/mol. The van der Waals surface area contributed by atoms with Gasteiger partial charge >= 0.3 is 0 Å². The third kappa shape index (κ3) is 3.04. The Labute approximate surface area is 180 Å². The monoisotopic (exact) mass is 412 g/mol. The number of nitrogens with zero attached hydrogens (tertiary/aromatic N) is 2. The lowest BCUT2D eigenvalue weighted by molar-refractivity contribution is -0.150. The second-order valence-electron chi connectivity index (χ2n) is 10.6. The van der Waals surface area contributed by atoms with Crippen molar-refractivity contribution in [3.8, 4) is 5.75 Å². The first-order valence-corrected chi connectivity index (χ1v) is 11.4. The number of fused-ring (bicyclic) bond motifs is 4. The number of carbonyl (C=O) groups excluding carboxylic acids is 2. The van der Waals surface area contributed by atoms with Crippen LogP contribution in [0.15, 0.2) is 18.2 Å². The van der Waals surface area contributed by atoms with Crippen molar-refractivity contribution in [2.75, 3.05) is 20.6 Å². The first kappa shape index (κ1) is 21.2. The zero-order valence-corrected chi connectivity index (χ0v) is 19.1. The van der Waals surface area contributed by atoms with Crippen molar-refractivity contribution >= 4 is 11.8 Å². The molecule has 2 bridgehead atoms. The quantitative estimate of drug-likeness (QED) is 0.805. The Balaban J connectivity index is 1.56. The highest BCUT2D eigenvalue weighted by molar-refractivity contribution is 5.81. The van der Waals surface area contributed by atoms with Gasteiger partial charge in [0.25, 0.3) is 0 Å². The molecule has 2 amide bonds. The van der Waals surface area contributed by atoms with Gasteiger partial charge in [0.15, 0.2) is 0 Å². The van der Waals surface area contributed by atoms with Crippen LogP contribution in [-0.2, 0) is 21.4 Å². The molecule has 1 saturated carbocycles. The molecule has 1 aromatic rings. The fourth-order valence-corrected chi connectivity index (χ4v) is 6.38. The number of hydrogen-bond acceptors (Lipinski definition) is 3. The number of amides is 2. The van der Waals surface area contributed by atoms with Crippen LogP contribution < -0.4 is 0 Å². The molecular formula is C25H36N2O3. The van der Waals surface area contributed by atoms with Gasteiger partial charge in [0, 0.05) is 43.9 Å². The van der Waals surface area contributed by atoms with Crippen LogP contribution in [0.2, 0.25) is 0 Å². The highest BCUT2D eigenvalue weighted by Gasteiger charge is 2.57. The van der Waals surface area contributed by atoms with Crippen LogP contribution in [0.25, 0.3) is 0 Å². The maximum Gasteiger partial charge on any atom is 0.225 e. The minimum Gasteiger partial charge on any atom is -0.508 e. The lowest BCUT2D eigenvalue weighted by Crippen LogP contribution is -2.65. The number of piperidine rings is 1. The summed E-state index contributed by atoms with van der Waals surface area (Å²) in [6.07, 6.45) is 4.82. The fraction of sp³-hybridized carbons (Fsp3) is 0.680. The molecule has 1 aliphatic heterocycles. The van der Waals surface area contributed by atoms with Crippen molar-refractivity contribution in [3.05, 3.63) is 29.3 Å². The number of hydrogen-bond donors (Lipinski definition) is 1. The van der Waals surface area contributed by atoms with Gasteiger partial charge in [-0.3, -0.25) is 9.59 Å². The van der Waals surface area contributed by atoms with Crippen LogP contribution in [0, 0.1) is 17.3 Å². The summed E-state index contributed by atoms with van der Waals surface area (Å²) in [6, 6.07) is 5.96. The Morgan fingerprint density at radius 2 is 1.70 bits per heavy atom. The van der Waals surface area contributed by atoms with E-state index in [1.165, 1.54) is 5.56 Å². The summed E-state index contributed by atoms with van der Waals surface area (Å²) >= 11 is 0.